The van der Waals surface area contributed by atoms with Crippen LogP contribution in [0.3, 0.4) is 0 Å². The fraction of sp³-hybridized carbons (Fsp3) is 0.0541. The molecule has 0 amide bonds. The maximum absolute atomic E-state index is 13.2. The second-order valence-corrected chi connectivity index (χ2v) is 9.15. The van der Waals surface area contributed by atoms with Crippen molar-refractivity contribution in [2.24, 2.45) is 0 Å². The molecule has 0 aliphatic heterocycles. The van der Waals surface area contributed by atoms with E-state index in [0.717, 1.165) is 40.2 Å². The number of hydrogen-bond acceptors (Lipinski definition) is 3. The number of halogens is 2. The molecule has 3 aromatic heterocycles. The molecule has 0 fully saturated rings. The first-order valence-electron chi connectivity index (χ1n) is 13.2. The van der Waals surface area contributed by atoms with E-state index in [1.807, 2.05) is 79.1 Å². The monoisotopic (exact) mass is 745 g/mol. The Morgan fingerprint density at radius 3 is 1.49 bits per heavy atom. The molecule has 6 aromatic rings. The predicted molar refractivity (Wildman–Crippen MR) is 165 cm³/mol. The van der Waals surface area contributed by atoms with Crippen LogP contribution in [0.15, 0.2) is 122 Å². The van der Waals surface area contributed by atoms with Gasteiger partial charge in [-0.1, -0.05) is 91.2 Å². The van der Waals surface area contributed by atoms with Gasteiger partial charge in [-0.25, -0.2) is 6.08 Å². The van der Waals surface area contributed by atoms with Crippen molar-refractivity contribution in [1.29, 1.82) is 0 Å². The Labute approximate surface area is 265 Å². The number of benzene rings is 3. The zero-order chi connectivity index (χ0) is 29.7. The van der Waals surface area contributed by atoms with Crippen LogP contribution in [-0.2, 0) is 20.1 Å². The quantitative estimate of drug-likeness (QED) is 0.169. The van der Waals surface area contributed by atoms with Crippen molar-refractivity contribution in [2.75, 3.05) is 0 Å². The van der Waals surface area contributed by atoms with Crippen LogP contribution in [0.2, 0.25) is 0 Å². The van der Waals surface area contributed by atoms with Crippen LogP contribution in [-0.4, -0.2) is 15.0 Å². The van der Waals surface area contributed by atoms with Crippen LogP contribution in [0.4, 0.5) is 8.78 Å². The molecule has 0 unspecified atom stereocenters. The SMILES string of the molecule is Cc1cc(C)c(-c2ccccn2)[c-]c1-c1ccccn1.Fc1c[c-]c(-c2ccccn2)c(F)c1.[CH-]=Cc1ccccc1.[Ir+3]. The Balaban J connectivity index is 0.000000192. The molecule has 0 saturated heterocycles. The minimum atomic E-state index is -0.649. The van der Waals surface area contributed by atoms with Gasteiger partial charge in [0.25, 0.3) is 0 Å². The largest absolute Gasteiger partial charge is 3.00 e. The molecule has 0 atom stereocenters. The summed E-state index contributed by atoms with van der Waals surface area (Å²) in [5.41, 5.74) is 8.03. The maximum atomic E-state index is 13.2. The van der Waals surface area contributed by atoms with Crippen molar-refractivity contribution >= 4 is 6.08 Å². The van der Waals surface area contributed by atoms with Gasteiger partial charge >= 0.3 is 20.1 Å². The van der Waals surface area contributed by atoms with Gasteiger partial charge in [0.1, 0.15) is 0 Å². The zero-order valence-electron chi connectivity index (χ0n) is 23.6. The molecule has 3 aromatic carbocycles. The van der Waals surface area contributed by atoms with Crippen molar-refractivity contribution in [1.82, 2.24) is 15.0 Å². The fourth-order valence-corrected chi connectivity index (χ4v) is 4.06. The average molecular weight is 745 g/mol. The fourth-order valence-electron chi connectivity index (χ4n) is 4.06. The van der Waals surface area contributed by atoms with Crippen LogP contribution in [0, 0.1) is 44.2 Å². The Bertz CT molecular complexity index is 1650. The Kier molecular flexibility index (Phi) is 12.8. The third-order valence-corrected chi connectivity index (χ3v) is 6.08. The summed E-state index contributed by atoms with van der Waals surface area (Å²) in [6, 6.07) is 36.8. The van der Waals surface area contributed by atoms with Gasteiger partial charge in [-0.3, -0.25) is 25.3 Å². The molecule has 0 aliphatic rings. The van der Waals surface area contributed by atoms with E-state index in [1.54, 1.807) is 30.5 Å². The molecular formula is C37H28F2IrN3. The summed E-state index contributed by atoms with van der Waals surface area (Å²) < 4.78 is 25.8. The minimum Gasteiger partial charge on any atom is -0.305 e. The summed E-state index contributed by atoms with van der Waals surface area (Å²) in [7, 11) is 0. The van der Waals surface area contributed by atoms with Gasteiger partial charge in [-0.2, -0.15) is 5.56 Å². The summed E-state index contributed by atoms with van der Waals surface area (Å²) in [6.07, 6.45) is 6.75. The molecule has 214 valence electrons. The molecule has 0 bridgehead atoms. The van der Waals surface area contributed by atoms with Gasteiger partial charge in [0, 0.05) is 41.6 Å². The van der Waals surface area contributed by atoms with Crippen LogP contribution < -0.4 is 0 Å². The summed E-state index contributed by atoms with van der Waals surface area (Å²) >= 11 is 0. The second kappa shape index (κ2) is 16.7. The number of pyridine rings is 3. The Morgan fingerprint density at radius 1 is 0.628 bits per heavy atom. The number of hydrogen-bond donors (Lipinski definition) is 0. The van der Waals surface area contributed by atoms with Crippen molar-refractivity contribution in [2.45, 2.75) is 13.8 Å². The molecule has 0 saturated carbocycles. The van der Waals surface area contributed by atoms with Gasteiger partial charge in [0.15, 0.2) is 0 Å². The van der Waals surface area contributed by atoms with Crippen LogP contribution in [0.25, 0.3) is 39.8 Å². The van der Waals surface area contributed by atoms with E-state index >= 15 is 0 Å². The molecule has 6 heteroatoms. The molecule has 3 heterocycles. The summed E-state index contributed by atoms with van der Waals surface area (Å²) in [6.45, 7) is 9.41. The van der Waals surface area contributed by atoms with Crippen molar-refractivity contribution in [3.8, 4) is 33.8 Å². The van der Waals surface area contributed by atoms with Crippen LogP contribution in [0.1, 0.15) is 16.7 Å². The van der Waals surface area contributed by atoms with Crippen molar-refractivity contribution < 1.29 is 28.9 Å². The van der Waals surface area contributed by atoms with E-state index in [2.05, 4.69) is 47.0 Å². The smallest absolute Gasteiger partial charge is 0.305 e. The van der Waals surface area contributed by atoms with Gasteiger partial charge in [0.05, 0.1) is 0 Å². The average Bonchev–Trinajstić information content (AvgIpc) is 3.03. The van der Waals surface area contributed by atoms with E-state index in [4.69, 9.17) is 6.58 Å². The molecule has 0 radical (unpaired) electrons. The summed E-state index contributed by atoms with van der Waals surface area (Å²) in [4.78, 5) is 12.8. The van der Waals surface area contributed by atoms with Gasteiger partial charge in [-0.15, -0.1) is 47.5 Å². The van der Waals surface area contributed by atoms with Gasteiger partial charge < -0.3 is 4.98 Å². The van der Waals surface area contributed by atoms with E-state index in [0.29, 0.717) is 5.69 Å². The van der Waals surface area contributed by atoms with Crippen LogP contribution >= 0.6 is 0 Å². The normalized spacial score (nSPS) is 9.77. The number of nitrogens with zero attached hydrogens (tertiary/aromatic N) is 3. The molecule has 43 heavy (non-hydrogen) atoms. The Morgan fingerprint density at radius 2 is 1.09 bits per heavy atom. The molecule has 0 spiro atoms. The number of aryl methyl sites for hydroxylation is 2. The first kappa shape index (κ1) is 32.9. The van der Waals surface area contributed by atoms with Crippen molar-refractivity contribution in [3.05, 3.63) is 169 Å². The first-order chi connectivity index (χ1) is 20.5. The molecular weight excluding hydrogens is 717 g/mol. The molecule has 0 aliphatic carbocycles. The summed E-state index contributed by atoms with van der Waals surface area (Å²) in [5.74, 6) is -1.29. The van der Waals surface area contributed by atoms with E-state index < -0.39 is 11.6 Å². The van der Waals surface area contributed by atoms with E-state index in [-0.39, 0.29) is 25.7 Å². The van der Waals surface area contributed by atoms with E-state index in [9.17, 15) is 8.78 Å². The minimum absolute atomic E-state index is 0. The number of rotatable bonds is 4. The first-order valence-corrected chi connectivity index (χ1v) is 13.2. The zero-order valence-corrected chi connectivity index (χ0v) is 26.0. The molecule has 3 nitrogen and oxygen atoms in total. The standard InChI is InChI=1S/C18H15N2.C11H6F2N.C8H7.Ir/c1-13-11-14(2)16(18-8-4-6-10-20-18)12-15(13)17-7-3-5-9-19-17;12-8-4-5-9(10(13)7-8)11-3-1-2-6-14-11;1-2-8-6-4-3-5-7-8;/h3-11H,1-2H3;1-4,6-7H;1-7H;/q3*-1;+3. The van der Waals surface area contributed by atoms with E-state index in [1.165, 1.54) is 11.1 Å². The second-order valence-electron chi connectivity index (χ2n) is 9.15. The van der Waals surface area contributed by atoms with Gasteiger partial charge in [0.2, 0.25) is 0 Å². The third-order valence-electron chi connectivity index (χ3n) is 6.08. The Hall–Kier alpha value is -4.64. The summed E-state index contributed by atoms with van der Waals surface area (Å²) in [5, 5.41) is 0. The van der Waals surface area contributed by atoms with Crippen molar-refractivity contribution in [3.63, 3.8) is 0 Å². The third kappa shape index (κ3) is 9.44. The topological polar surface area (TPSA) is 38.7 Å². The maximum Gasteiger partial charge on any atom is 3.00 e. The molecule has 6 rings (SSSR count). The van der Waals surface area contributed by atoms with Crippen LogP contribution in [0.5, 0.6) is 0 Å². The van der Waals surface area contributed by atoms with Gasteiger partial charge in [-0.05, 0) is 23.9 Å². The number of aromatic nitrogens is 3. The predicted octanol–water partition coefficient (Wildman–Crippen LogP) is 9.18. The molecule has 0 N–H and O–H groups in total.